The van der Waals surface area contributed by atoms with E-state index >= 15 is 4.39 Å². The third kappa shape index (κ3) is 6.68. The molecule has 4 fully saturated rings. The number of rotatable bonds is 9. The minimum Gasteiger partial charge on any atom is -0.506 e. The molecule has 8 rings (SSSR count). The van der Waals surface area contributed by atoms with Gasteiger partial charge in [0.05, 0.1) is 17.6 Å². The summed E-state index contributed by atoms with van der Waals surface area (Å²) in [4.78, 5) is 54.0. The van der Waals surface area contributed by atoms with Crippen LogP contribution < -0.4 is 24.8 Å². The summed E-state index contributed by atoms with van der Waals surface area (Å²) in [5.41, 5.74) is 1.82. The number of aromatic nitrogens is 2. The van der Waals surface area contributed by atoms with Gasteiger partial charge in [-0.05, 0) is 92.5 Å². The van der Waals surface area contributed by atoms with Crippen molar-refractivity contribution < 1.29 is 37.0 Å². The van der Waals surface area contributed by atoms with E-state index < -0.39 is 51.9 Å². The van der Waals surface area contributed by atoms with Gasteiger partial charge in [0.2, 0.25) is 11.8 Å². The van der Waals surface area contributed by atoms with Crippen molar-refractivity contribution in [1.82, 2.24) is 29.0 Å². The lowest BCUT2D eigenvalue weighted by Crippen LogP contribution is -2.44. The second kappa shape index (κ2) is 14.0. The lowest BCUT2D eigenvalue weighted by atomic mass is 9.89. The first-order valence-electron chi connectivity index (χ1n) is 18.3. The number of imide groups is 1. The number of halogens is 1. The molecule has 2 atom stereocenters. The van der Waals surface area contributed by atoms with Gasteiger partial charge in [0.25, 0.3) is 5.91 Å². The highest BCUT2D eigenvalue weighted by Gasteiger charge is 2.38. The smallest absolute Gasteiger partial charge is 0.329 e. The highest BCUT2D eigenvalue weighted by molar-refractivity contribution is 7.92. The monoisotopic (exact) mass is 763 g/mol. The SMILES string of the molecule is Cn1c(=O)n(C2CCC(=O)NC2=O)c2ccc(C3CCN(CCN4CC[C@H](COc5ccc6cc(O)c(N7CC(=O)NS7(=O)=O)c(F)c6c5)C4)CC3)cc21. The number of aromatic hydroxyl groups is 1. The summed E-state index contributed by atoms with van der Waals surface area (Å²) >= 11 is 0. The van der Waals surface area contributed by atoms with Crippen LogP contribution in [0.15, 0.2) is 47.3 Å². The van der Waals surface area contributed by atoms with Gasteiger partial charge >= 0.3 is 15.9 Å². The van der Waals surface area contributed by atoms with E-state index in [1.165, 1.54) is 22.3 Å². The van der Waals surface area contributed by atoms with Gasteiger partial charge in [-0.3, -0.25) is 28.8 Å². The van der Waals surface area contributed by atoms with Crippen LogP contribution in [0.5, 0.6) is 11.5 Å². The Kier molecular flexibility index (Phi) is 9.34. The number of carbonyl (C=O) groups is 3. The topological polar surface area (TPSA) is 176 Å². The van der Waals surface area contributed by atoms with Gasteiger partial charge in [-0.1, -0.05) is 12.1 Å². The Morgan fingerprint density at radius 2 is 1.67 bits per heavy atom. The number of ether oxygens (including phenoxy) is 1. The van der Waals surface area contributed by atoms with Crippen molar-refractivity contribution in [2.45, 2.75) is 44.1 Å². The van der Waals surface area contributed by atoms with E-state index in [-0.39, 0.29) is 29.3 Å². The van der Waals surface area contributed by atoms with Crippen LogP contribution in [0, 0.1) is 11.7 Å². The van der Waals surface area contributed by atoms with E-state index in [1.54, 1.807) is 28.5 Å². The van der Waals surface area contributed by atoms with Crippen LogP contribution in [0.3, 0.4) is 0 Å². The highest BCUT2D eigenvalue weighted by Crippen LogP contribution is 2.39. The number of carbonyl (C=O) groups excluding carboxylic acids is 3. The van der Waals surface area contributed by atoms with E-state index in [2.05, 4.69) is 27.2 Å². The van der Waals surface area contributed by atoms with E-state index in [9.17, 15) is 32.7 Å². The average Bonchev–Trinajstić information content (AvgIpc) is 3.79. The Balaban J connectivity index is 0.828. The number of hydrogen-bond acceptors (Lipinski definition) is 10. The first-order chi connectivity index (χ1) is 25.9. The molecular formula is C37H42FN7O8S. The molecular weight excluding hydrogens is 722 g/mol. The number of aryl methyl sites for hydroxylation is 1. The second-order valence-corrected chi connectivity index (χ2v) is 16.4. The fourth-order valence-corrected chi connectivity index (χ4v) is 9.55. The minimum absolute atomic E-state index is 0.0710. The molecule has 3 aromatic carbocycles. The lowest BCUT2D eigenvalue weighted by molar-refractivity contribution is -0.135. The third-order valence-corrected chi connectivity index (χ3v) is 12.7. The predicted molar refractivity (Wildman–Crippen MR) is 197 cm³/mol. The molecule has 4 aliphatic rings. The van der Waals surface area contributed by atoms with Gasteiger partial charge in [-0.15, -0.1) is 0 Å². The Morgan fingerprint density at radius 3 is 2.41 bits per heavy atom. The van der Waals surface area contributed by atoms with Crippen molar-refractivity contribution >= 4 is 55.4 Å². The van der Waals surface area contributed by atoms with Gasteiger partial charge in [0.15, 0.2) is 5.82 Å². The van der Waals surface area contributed by atoms with E-state index in [0.717, 1.165) is 64.0 Å². The maximum Gasteiger partial charge on any atom is 0.329 e. The zero-order valence-electron chi connectivity index (χ0n) is 29.8. The van der Waals surface area contributed by atoms with Crippen molar-refractivity contribution in [3.05, 3.63) is 64.3 Å². The number of benzene rings is 3. The van der Waals surface area contributed by atoms with Crippen LogP contribution in [-0.2, 0) is 31.6 Å². The maximum absolute atomic E-state index is 15.6. The van der Waals surface area contributed by atoms with Gasteiger partial charge in [0.1, 0.15) is 29.8 Å². The molecule has 0 radical (unpaired) electrons. The van der Waals surface area contributed by atoms with E-state index in [4.69, 9.17) is 4.74 Å². The molecule has 4 aliphatic heterocycles. The van der Waals surface area contributed by atoms with Crippen LogP contribution in [-0.4, -0.2) is 103 Å². The summed E-state index contributed by atoms with van der Waals surface area (Å²) in [6.07, 6.45) is 3.47. The molecule has 0 saturated carbocycles. The molecule has 17 heteroatoms. The molecule has 15 nitrogen and oxygen atoms in total. The Hall–Kier alpha value is -5.00. The number of nitrogens with one attached hydrogen (secondary N) is 2. The molecule has 0 bridgehead atoms. The maximum atomic E-state index is 15.6. The van der Waals surface area contributed by atoms with Crippen LogP contribution in [0.1, 0.15) is 49.6 Å². The zero-order valence-corrected chi connectivity index (χ0v) is 30.6. The molecule has 286 valence electrons. The van der Waals surface area contributed by atoms with E-state index in [0.29, 0.717) is 39.9 Å². The molecule has 4 saturated heterocycles. The zero-order chi connectivity index (χ0) is 37.9. The molecule has 3 N–H and O–H groups in total. The second-order valence-electron chi connectivity index (χ2n) is 14.8. The minimum atomic E-state index is -4.31. The van der Waals surface area contributed by atoms with E-state index in [1.807, 2.05) is 6.07 Å². The molecule has 4 aromatic rings. The number of piperidine rings is 2. The Bertz CT molecular complexity index is 2350. The van der Waals surface area contributed by atoms with Crippen molar-refractivity contribution in [1.29, 1.82) is 0 Å². The van der Waals surface area contributed by atoms with Crippen molar-refractivity contribution in [2.24, 2.45) is 13.0 Å². The molecule has 54 heavy (non-hydrogen) atoms. The van der Waals surface area contributed by atoms with Crippen LogP contribution >= 0.6 is 0 Å². The van der Waals surface area contributed by atoms with Crippen molar-refractivity contribution in [3.63, 3.8) is 0 Å². The number of phenols is 1. The molecule has 0 aliphatic carbocycles. The van der Waals surface area contributed by atoms with Gasteiger partial charge in [-0.2, -0.15) is 8.42 Å². The average molecular weight is 764 g/mol. The Labute approximate surface area is 310 Å². The highest BCUT2D eigenvalue weighted by atomic mass is 32.2. The molecule has 1 unspecified atom stereocenters. The number of nitrogens with zero attached hydrogens (tertiary/aromatic N) is 5. The quantitative estimate of drug-likeness (QED) is 0.214. The van der Waals surface area contributed by atoms with Gasteiger partial charge < -0.3 is 19.6 Å². The van der Waals surface area contributed by atoms with Crippen LogP contribution in [0.25, 0.3) is 21.8 Å². The first kappa shape index (κ1) is 36.0. The van der Waals surface area contributed by atoms with Gasteiger partial charge in [0, 0.05) is 44.4 Å². The summed E-state index contributed by atoms with van der Waals surface area (Å²) in [5.74, 6) is -2.04. The van der Waals surface area contributed by atoms with Crippen LogP contribution in [0.4, 0.5) is 10.1 Å². The summed E-state index contributed by atoms with van der Waals surface area (Å²) < 4.78 is 51.8. The summed E-state index contributed by atoms with van der Waals surface area (Å²) in [7, 11) is -2.59. The molecule has 1 aromatic heterocycles. The molecule has 5 heterocycles. The summed E-state index contributed by atoms with van der Waals surface area (Å²) in [6, 6.07) is 11.4. The largest absolute Gasteiger partial charge is 0.506 e. The number of likely N-dealkylation sites (tertiary alicyclic amines) is 2. The summed E-state index contributed by atoms with van der Waals surface area (Å²) in [5, 5.41) is 13.2. The number of hydrogen-bond donors (Lipinski definition) is 3. The normalized spacial score (nSPS) is 22.7. The molecule has 3 amide bonds. The van der Waals surface area contributed by atoms with Crippen molar-refractivity contribution in [2.75, 3.05) is 56.7 Å². The first-order valence-corrected chi connectivity index (χ1v) is 19.7. The predicted octanol–water partition coefficient (Wildman–Crippen LogP) is 2.08. The molecule has 0 spiro atoms. The number of phenolic OH excluding ortho intramolecular Hbond substituents is 1. The number of anilines is 1. The number of amides is 3. The number of fused-ring (bicyclic) bond motifs is 2. The van der Waals surface area contributed by atoms with Gasteiger partial charge in [-0.25, -0.2) is 18.2 Å². The van der Waals surface area contributed by atoms with Crippen molar-refractivity contribution in [3.8, 4) is 11.5 Å². The third-order valence-electron chi connectivity index (χ3n) is 11.4. The lowest BCUT2D eigenvalue weighted by Gasteiger charge is -2.33. The fourth-order valence-electron chi connectivity index (χ4n) is 8.38. The standard InChI is InChI=1S/C37H42FN7O8S/c1-41-30-16-24(3-5-28(30)45(37(41)50)29-6-7-32(47)39-36(29)49)23-9-12-42(13-10-23)14-15-43-11-8-22(19-43)21-53-26-4-2-25-17-31(46)35(34(38)27(25)18-26)44-20-33(48)40-54(44,51)52/h2-5,16-18,22-23,29,46H,6-15,19-21H2,1H3,(H,40,48)(H,39,47,49)/t22-,29?/m0/s1. The number of imidazole rings is 1. The van der Waals surface area contributed by atoms with Crippen LogP contribution in [0.2, 0.25) is 0 Å². The Morgan fingerprint density at radius 1 is 0.907 bits per heavy atom. The summed E-state index contributed by atoms with van der Waals surface area (Å²) in [6.45, 7) is 5.46. The fraction of sp³-hybridized carbons (Fsp3) is 0.459.